The lowest BCUT2D eigenvalue weighted by Crippen LogP contribution is -2.43. The molecule has 8 nitrogen and oxygen atoms in total. The smallest absolute Gasteiger partial charge is 0.332 e. The molecule has 0 aliphatic rings. The fourth-order valence-corrected chi connectivity index (χ4v) is 3.60. The minimum absolute atomic E-state index is 0.299. The van der Waals surface area contributed by atoms with Gasteiger partial charge in [-0.2, -0.15) is 0 Å². The third-order valence-electron chi connectivity index (χ3n) is 6.21. The number of aryl methyl sites for hydroxylation is 2. The molecule has 0 radical (unpaired) electrons. The molecule has 2 aromatic heterocycles. The average molecular weight is 433 g/mol. The third kappa shape index (κ3) is 5.86. The van der Waals surface area contributed by atoms with Crippen LogP contribution in [0.15, 0.2) is 15.9 Å². The highest BCUT2D eigenvalue weighted by atomic mass is 16.3. The predicted molar refractivity (Wildman–Crippen MR) is 124 cm³/mol. The first kappa shape index (κ1) is 24.9. The normalized spacial score (nSPS) is 13.8. The molecule has 31 heavy (non-hydrogen) atoms. The summed E-state index contributed by atoms with van der Waals surface area (Å²) in [6.45, 7) is 11.7. The molecular weight excluding hydrogens is 394 g/mol. The van der Waals surface area contributed by atoms with E-state index in [1.807, 2.05) is 11.5 Å². The second-order valence-electron chi connectivity index (χ2n) is 8.85. The van der Waals surface area contributed by atoms with Gasteiger partial charge in [0.1, 0.15) is 12.1 Å². The van der Waals surface area contributed by atoms with Crippen molar-refractivity contribution in [2.24, 2.45) is 7.05 Å². The van der Waals surface area contributed by atoms with Crippen LogP contribution in [0.5, 0.6) is 0 Å². The monoisotopic (exact) mass is 432 g/mol. The first-order valence-corrected chi connectivity index (χ1v) is 11.3. The summed E-state index contributed by atoms with van der Waals surface area (Å²) in [6, 6.07) is 0. The van der Waals surface area contributed by atoms with Gasteiger partial charge in [0.15, 0.2) is 11.2 Å². The van der Waals surface area contributed by atoms with E-state index in [0.717, 1.165) is 24.0 Å². The van der Waals surface area contributed by atoms with Crippen molar-refractivity contribution in [3.8, 4) is 11.8 Å². The maximum Gasteiger partial charge on any atom is 0.332 e. The lowest BCUT2D eigenvalue weighted by molar-refractivity contribution is -0.899. The van der Waals surface area contributed by atoms with Crippen LogP contribution in [0.1, 0.15) is 53.4 Å². The number of imidazole rings is 1. The maximum absolute atomic E-state index is 13.0. The number of hydrogen-bond acceptors (Lipinski definition) is 4. The lowest BCUT2D eigenvalue weighted by atomic mass is 9.99. The number of aliphatic hydroxyl groups is 1. The molecule has 0 saturated carbocycles. The van der Waals surface area contributed by atoms with Crippen molar-refractivity contribution in [2.75, 3.05) is 26.7 Å². The van der Waals surface area contributed by atoms with Gasteiger partial charge in [0.05, 0.1) is 26.5 Å². The Morgan fingerprint density at radius 3 is 2.45 bits per heavy atom. The Balaban J connectivity index is 2.07. The number of unbranched alkanes of at least 4 members (excludes halogenated alkanes) is 1. The fourth-order valence-electron chi connectivity index (χ4n) is 3.60. The first-order valence-electron chi connectivity index (χ1n) is 11.3. The number of nitrogens with zero attached hydrogens (tertiary/aromatic N) is 5. The molecule has 0 fully saturated rings. The van der Waals surface area contributed by atoms with Crippen molar-refractivity contribution in [1.82, 2.24) is 18.7 Å². The summed E-state index contributed by atoms with van der Waals surface area (Å²) in [4.78, 5) is 29.9. The van der Waals surface area contributed by atoms with Crippen LogP contribution in [0.3, 0.4) is 0 Å². The Kier molecular flexibility index (Phi) is 8.27. The van der Waals surface area contributed by atoms with Crippen LogP contribution in [0.25, 0.3) is 11.2 Å². The molecule has 2 aromatic rings. The quantitative estimate of drug-likeness (QED) is 0.352. The zero-order valence-electron chi connectivity index (χ0n) is 19.9. The maximum atomic E-state index is 13.0. The van der Waals surface area contributed by atoms with Gasteiger partial charge in [0, 0.05) is 20.1 Å². The van der Waals surface area contributed by atoms with Crippen LogP contribution in [0.4, 0.5) is 0 Å². The van der Waals surface area contributed by atoms with Gasteiger partial charge in [0.2, 0.25) is 0 Å². The van der Waals surface area contributed by atoms with Crippen molar-refractivity contribution in [3.05, 3.63) is 27.2 Å². The van der Waals surface area contributed by atoms with Crippen LogP contribution in [-0.4, -0.2) is 60.6 Å². The second kappa shape index (κ2) is 10.3. The van der Waals surface area contributed by atoms with Gasteiger partial charge in [-0.1, -0.05) is 12.8 Å². The highest BCUT2D eigenvalue weighted by Crippen LogP contribution is 2.13. The molecular formula is C23H38N5O3+. The van der Waals surface area contributed by atoms with Gasteiger partial charge in [-0.05, 0) is 52.4 Å². The van der Waals surface area contributed by atoms with Crippen LogP contribution in [0.2, 0.25) is 0 Å². The molecule has 0 bridgehead atoms. The molecule has 0 amide bonds. The summed E-state index contributed by atoms with van der Waals surface area (Å²) in [7, 11) is 3.80. The van der Waals surface area contributed by atoms with Gasteiger partial charge in [0.25, 0.3) is 5.56 Å². The van der Waals surface area contributed by atoms with Gasteiger partial charge < -0.3 is 14.2 Å². The summed E-state index contributed by atoms with van der Waals surface area (Å²) in [5, 5.41) is 10.6. The summed E-state index contributed by atoms with van der Waals surface area (Å²) in [6.07, 6.45) is 4.26. The van der Waals surface area contributed by atoms with Gasteiger partial charge in [-0.25, -0.2) is 9.78 Å². The lowest BCUT2D eigenvalue weighted by Gasteiger charge is -2.29. The minimum atomic E-state index is -1.08. The molecule has 2 rings (SSSR count). The highest BCUT2D eigenvalue weighted by Gasteiger charge is 2.19. The summed E-state index contributed by atoms with van der Waals surface area (Å²) in [5.74, 6) is 6.14. The summed E-state index contributed by atoms with van der Waals surface area (Å²) >= 11 is 0. The van der Waals surface area contributed by atoms with Crippen molar-refractivity contribution >= 4 is 11.2 Å². The van der Waals surface area contributed by atoms with Crippen LogP contribution in [-0.2, 0) is 20.1 Å². The van der Waals surface area contributed by atoms with Crippen LogP contribution >= 0.6 is 0 Å². The van der Waals surface area contributed by atoms with E-state index in [1.165, 1.54) is 9.13 Å². The summed E-state index contributed by atoms with van der Waals surface area (Å²) < 4.78 is 5.38. The zero-order valence-corrected chi connectivity index (χ0v) is 19.9. The molecule has 2 heterocycles. The van der Waals surface area contributed by atoms with E-state index in [1.54, 1.807) is 20.3 Å². The number of hydrogen-bond donors (Lipinski definition) is 1. The number of fused-ring (bicyclic) bond motifs is 1. The minimum Gasteiger partial charge on any atom is -0.378 e. The number of rotatable bonds is 10. The molecule has 0 aromatic carbocycles. The number of quaternary nitrogens is 1. The van der Waals surface area contributed by atoms with Crippen molar-refractivity contribution in [2.45, 2.75) is 72.1 Å². The number of aromatic nitrogens is 4. The van der Waals surface area contributed by atoms with E-state index in [4.69, 9.17) is 0 Å². The second-order valence-corrected chi connectivity index (χ2v) is 8.85. The summed E-state index contributed by atoms with van der Waals surface area (Å²) in [5.41, 5.74) is -0.850. The molecule has 172 valence electrons. The van der Waals surface area contributed by atoms with Gasteiger partial charge in [-0.15, -0.1) is 0 Å². The van der Waals surface area contributed by atoms with Crippen LogP contribution in [0, 0.1) is 11.8 Å². The Hall–Kier alpha value is -2.37. The Morgan fingerprint density at radius 1 is 1.16 bits per heavy atom. The average Bonchev–Trinajstić information content (AvgIpc) is 3.15. The Labute approximate surface area is 184 Å². The molecule has 1 atom stereocenters. The van der Waals surface area contributed by atoms with E-state index in [2.05, 4.69) is 37.7 Å². The van der Waals surface area contributed by atoms with E-state index in [9.17, 15) is 14.7 Å². The van der Waals surface area contributed by atoms with E-state index < -0.39 is 5.60 Å². The van der Waals surface area contributed by atoms with Crippen molar-refractivity contribution < 1.29 is 9.59 Å². The Morgan fingerprint density at radius 2 is 1.84 bits per heavy atom. The molecule has 1 unspecified atom stereocenters. The third-order valence-corrected chi connectivity index (χ3v) is 6.21. The van der Waals surface area contributed by atoms with Gasteiger partial charge >= 0.3 is 5.69 Å². The van der Waals surface area contributed by atoms with E-state index in [0.29, 0.717) is 50.1 Å². The zero-order chi connectivity index (χ0) is 23.2. The van der Waals surface area contributed by atoms with Gasteiger partial charge in [-0.3, -0.25) is 13.9 Å². The molecule has 0 spiro atoms. The highest BCUT2D eigenvalue weighted by molar-refractivity contribution is 5.69. The largest absolute Gasteiger partial charge is 0.378 e. The topological polar surface area (TPSA) is 82.1 Å². The van der Waals surface area contributed by atoms with Crippen LogP contribution < -0.4 is 11.2 Å². The van der Waals surface area contributed by atoms with Crippen molar-refractivity contribution in [3.63, 3.8) is 0 Å². The van der Waals surface area contributed by atoms with Crippen molar-refractivity contribution in [1.29, 1.82) is 0 Å². The first-order chi connectivity index (χ1) is 14.6. The molecule has 0 aliphatic carbocycles. The molecule has 1 N–H and O–H groups in total. The van der Waals surface area contributed by atoms with E-state index >= 15 is 0 Å². The molecule has 8 heteroatoms. The Bertz CT molecular complexity index is 1060. The van der Waals surface area contributed by atoms with E-state index in [-0.39, 0.29) is 11.2 Å². The SMILES string of the molecule is CCCn1cnc2c1c(=O)n(CCCCC(C)(O)C#CC[N+](C)(CC)CC)c(=O)n2C. The standard InChI is InChI=1S/C23H38N5O3/c1-7-15-26-18-24-20-19(26)21(29)27(22(30)25(20)5)16-11-10-13-23(4,31)14-12-17-28(6,8-2)9-3/h18,31H,7-11,13,15-17H2,1-6H3/q+1. The predicted octanol–water partition coefficient (Wildman–Crippen LogP) is 1.72. The fraction of sp³-hybridized carbons (Fsp3) is 0.696. The molecule has 0 aliphatic heterocycles. The molecule has 0 saturated heterocycles.